The van der Waals surface area contributed by atoms with E-state index in [1.807, 2.05) is 0 Å². The Morgan fingerprint density at radius 1 is 1.00 bits per heavy atom. The van der Waals surface area contributed by atoms with E-state index in [1.54, 1.807) is 0 Å². The minimum absolute atomic E-state index is 0.537. The zero-order valence-electron chi connectivity index (χ0n) is 9.16. The highest BCUT2D eigenvalue weighted by Gasteiger charge is 2.15. The molecule has 0 heteroatoms. The van der Waals surface area contributed by atoms with E-state index in [0.717, 1.165) is 6.42 Å². The van der Waals surface area contributed by atoms with Gasteiger partial charge in [0.1, 0.15) is 0 Å². The zero-order chi connectivity index (χ0) is 9.45. The Balaban J connectivity index is 3.33. The topological polar surface area (TPSA) is 0 Å². The van der Waals surface area contributed by atoms with E-state index in [1.165, 1.54) is 38.5 Å². The number of rotatable bonds is 7. The minimum Gasteiger partial charge on any atom is -0.0654 e. The molecule has 0 bridgehead atoms. The Hall–Kier alpha value is 0. The predicted octanol–water partition coefficient (Wildman–Crippen LogP) is 4.60. The van der Waals surface area contributed by atoms with E-state index >= 15 is 0 Å². The van der Waals surface area contributed by atoms with Crippen molar-refractivity contribution in [3.63, 3.8) is 0 Å². The summed E-state index contributed by atoms with van der Waals surface area (Å²) < 4.78 is 0. The van der Waals surface area contributed by atoms with Crippen LogP contribution in [0.3, 0.4) is 0 Å². The van der Waals surface area contributed by atoms with Crippen LogP contribution in [0.15, 0.2) is 0 Å². The minimum atomic E-state index is 0.537. The second kappa shape index (κ2) is 6.51. The highest BCUT2D eigenvalue weighted by atomic mass is 14.2. The van der Waals surface area contributed by atoms with E-state index in [4.69, 9.17) is 0 Å². The molecule has 1 radical (unpaired) electrons. The first-order valence-electron chi connectivity index (χ1n) is 5.41. The maximum absolute atomic E-state index is 3.92. The van der Waals surface area contributed by atoms with Crippen LogP contribution in [0.25, 0.3) is 0 Å². The molecule has 0 spiro atoms. The quantitative estimate of drug-likeness (QED) is 0.489. The highest BCUT2D eigenvalue weighted by molar-refractivity contribution is 4.68. The standard InChI is InChI=1S/C12H25/c1-5-7-8-9-11-12(3,4)10-6-2/h2,5-11H2,1,3-4H3. The van der Waals surface area contributed by atoms with Crippen LogP contribution in [0, 0.1) is 12.3 Å². The van der Waals surface area contributed by atoms with E-state index < -0.39 is 0 Å². The third-order valence-corrected chi connectivity index (χ3v) is 2.56. The van der Waals surface area contributed by atoms with Crippen molar-refractivity contribution in [1.29, 1.82) is 0 Å². The molecule has 12 heavy (non-hydrogen) atoms. The predicted molar refractivity (Wildman–Crippen MR) is 57.1 cm³/mol. The van der Waals surface area contributed by atoms with Gasteiger partial charge in [0.05, 0.1) is 0 Å². The molecule has 0 N–H and O–H groups in total. The Labute approximate surface area is 78.8 Å². The van der Waals surface area contributed by atoms with Gasteiger partial charge in [-0.1, -0.05) is 59.8 Å². The lowest BCUT2D eigenvalue weighted by Gasteiger charge is -2.23. The fourth-order valence-electron chi connectivity index (χ4n) is 1.63. The lowest BCUT2D eigenvalue weighted by molar-refractivity contribution is 0.296. The van der Waals surface area contributed by atoms with Crippen LogP contribution in [0.5, 0.6) is 0 Å². The van der Waals surface area contributed by atoms with Crippen molar-refractivity contribution in [2.75, 3.05) is 0 Å². The van der Waals surface area contributed by atoms with Crippen LogP contribution in [-0.4, -0.2) is 0 Å². The maximum atomic E-state index is 3.92. The molecule has 0 aromatic heterocycles. The smallest absolute Gasteiger partial charge is 0.0354 e. The van der Waals surface area contributed by atoms with Gasteiger partial charge in [-0.2, -0.15) is 0 Å². The molecule has 0 aromatic carbocycles. The first-order chi connectivity index (χ1) is 5.62. The molecule has 0 aliphatic heterocycles. The molecule has 0 aliphatic carbocycles. The molecule has 0 aliphatic rings. The molecule has 0 fully saturated rings. The van der Waals surface area contributed by atoms with Crippen molar-refractivity contribution in [1.82, 2.24) is 0 Å². The third kappa shape index (κ3) is 6.69. The normalized spacial score (nSPS) is 12.0. The van der Waals surface area contributed by atoms with Crippen LogP contribution in [0.1, 0.15) is 65.7 Å². The second-order valence-corrected chi connectivity index (χ2v) is 4.58. The van der Waals surface area contributed by atoms with E-state index in [9.17, 15) is 0 Å². The highest BCUT2D eigenvalue weighted by Crippen LogP contribution is 2.28. The lowest BCUT2D eigenvalue weighted by atomic mass is 9.83. The van der Waals surface area contributed by atoms with Gasteiger partial charge in [0.15, 0.2) is 0 Å². The Kier molecular flexibility index (Phi) is 6.51. The number of hydrogen-bond donors (Lipinski definition) is 0. The van der Waals surface area contributed by atoms with Gasteiger partial charge in [-0.05, 0) is 18.3 Å². The van der Waals surface area contributed by atoms with Gasteiger partial charge < -0.3 is 0 Å². The van der Waals surface area contributed by atoms with Crippen LogP contribution in [0.2, 0.25) is 0 Å². The summed E-state index contributed by atoms with van der Waals surface area (Å²) in [5.41, 5.74) is 0.537. The van der Waals surface area contributed by atoms with Crippen LogP contribution in [-0.2, 0) is 0 Å². The monoisotopic (exact) mass is 169 g/mol. The Morgan fingerprint density at radius 3 is 2.17 bits per heavy atom. The Morgan fingerprint density at radius 2 is 1.67 bits per heavy atom. The van der Waals surface area contributed by atoms with Crippen LogP contribution in [0.4, 0.5) is 0 Å². The van der Waals surface area contributed by atoms with Crippen molar-refractivity contribution >= 4 is 0 Å². The SMILES string of the molecule is [CH2]CCC(C)(C)CCCCCC. The van der Waals surface area contributed by atoms with E-state index in [0.29, 0.717) is 5.41 Å². The molecule has 0 nitrogen and oxygen atoms in total. The van der Waals surface area contributed by atoms with Gasteiger partial charge in [0.2, 0.25) is 0 Å². The molecule has 73 valence electrons. The summed E-state index contributed by atoms with van der Waals surface area (Å²) in [7, 11) is 0. The molecular weight excluding hydrogens is 144 g/mol. The zero-order valence-corrected chi connectivity index (χ0v) is 9.16. The molecule has 0 heterocycles. The summed E-state index contributed by atoms with van der Waals surface area (Å²) in [6.07, 6.45) is 9.30. The Bertz CT molecular complexity index is 92.2. The van der Waals surface area contributed by atoms with Gasteiger partial charge in [-0.25, -0.2) is 0 Å². The average molecular weight is 169 g/mol. The molecule has 0 aromatic rings. The number of unbranched alkanes of at least 4 members (excludes halogenated alkanes) is 3. The molecule has 0 saturated heterocycles. The molecule has 0 atom stereocenters. The van der Waals surface area contributed by atoms with Crippen LogP contribution >= 0.6 is 0 Å². The summed E-state index contributed by atoms with van der Waals surface area (Å²) in [6.45, 7) is 10.9. The fourth-order valence-corrected chi connectivity index (χ4v) is 1.63. The maximum Gasteiger partial charge on any atom is -0.0354 e. The van der Waals surface area contributed by atoms with Crippen molar-refractivity contribution < 1.29 is 0 Å². The third-order valence-electron chi connectivity index (χ3n) is 2.56. The first-order valence-corrected chi connectivity index (χ1v) is 5.41. The molecule has 0 rings (SSSR count). The largest absolute Gasteiger partial charge is 0.0654 e. The average Bonchev–Trinajstić information content (AvgIpc) is 1.98. The molecule has 0 unspecified atom stereocenters. The number of hydrogen-bond acceptors (Lipinski definition) is 0. The van der Waals surface area contributed by atoms with Gasteiger partial charge >= 0.3 is 0 Å². The van der Waals surface area contributed by atoms with Crippen molar-refractivity contribution in [2.45, 2.75) is 65.7 Å². The lowest BCUT2D eigenvalue weighted by Crippen LogP contribution is -2.10. The van der Waals surface area contributed by atoms with Gasteiger partial charge in [0, 0.05) is 0 Å². The fraction of sp³-hybridized carbons (Fsp3) is 0.917. The van der Waals surface area contributed by atoms with Gasteiger partial charge in [-0.3, -0.25) is 0 Å². The second-order valence-electron chi connectivity index (χ2n) is 4.58. The van der Waals surface area contributed by atoms with Crippen LogP contribution < -0.4 is 0 Å². The molecule has 0 saturated carbocycles. The van der Waals surface area contributed by atoms with E-state index in [-0.39, 0.29) is 0 Å². The first kappa shape index (κ1) is 12.0. The molecular formula is C12H25. The van der Waals surface area contributed by atoms with Crippen molar-refractivity contribution in [2.24, 2.45) is 5.41 Å². The molecule has 0 amide bonds. The van der Waals surface area contributed by atoms with Gasteiger partial charge in [0.25, 0.3) is 0 Å². The van der Waals surface area contributed by atoms with E-state index in [2.05, 4.69) is 27.7 Å². The van der Waals surface area contributed by atoms with Gasteiger partial charge in [-0.15, -0.1) is 0 Å². The summed E-state index contributed by atoms with van der Waals surface area (Å²) in [5, 5.41) is 0. The summed E-state index contributed by atoms with van der Waals surface area (Å²) in [4.78, 5) is 0. The van der Waals surface area contributed by atoms with Crippen molar-refractivity contribution in [3.8, 4) is 0 Å². The summed E-state index contributed by atoms with van der Waals surface area (Å²) in [6, 6.07) is 0. The van der Waals surface area contributed by atoms with Crippen molar-refractivity contribution in [3.05, 3.63) is 6.92 Å². The summed E-state index contributed by atoms with van der Waals surface area (Å²) >= 11 is 0. The summed E-state index contributed by atoms with van der Waals surface area (Å²) in [5.74, 6) is 0.